The summed E-state index contributed by atoms with van der Waals surface area (Å²) in [6.45, 7) is 5.36. The lowest BCUT2D eigenvalue weighted by Gasteiger charge is -2.20. The topological polar surface area (TPSA) is 59.1 Å². The highest BCUT2D eigenvalue weighted by Crippen LogP contribution is 2.16. The van der Waals surface area contributed by atoms with Gasteiger partial charge in [0.25, 0.3) is 0 Å². The van der Waals surface area contributed by atoms with Crippen molar-refractivity contribution in [2.24, 2.45) is 0 Å². The number of nitrogens with one attached hydrogen (secondary N) is 1. The molecular formula is C9H13BrN2O2S. The summed E-state index contributed by atoms with van der Waals surface area (Å²) >= 11 is 3.18. The number of aromatic nitrogens is 1. The van der Waals surface area contributed by atoms with Gasteiger partial charge >= 0.3 is 0 Å². The fourth-order valence-corrected chi connectivity index (χ4v) is 2.92. The monoisotopic (exact) mass is 292 g/mol. The van der Waals surface area contributed by atoms with Crippen molar-refractivity contribution in [3.8, 4) is 0 Å². The van der Waals surface area contributed by atoms with Crippen LogP contribution in [-0.4, -0.2) is 18.9 Å². The van der Waals surface area contributed by atoms with E-state index in [0.29, 0.717) is 4.47 Å². The van der Waals surface area contributed by atoms with Gasteiger partial charge in [-0.05, 0) is 42.8 Å². The molecular weight excluding hydrogens is 280 g/mol. The second-order valence-corrected chi connectivity index (χ2v) is 6.79. The van der Waals surface area contributed by atoms with Gasteiger partial charge in [0.1, 0.15) is 4.90 Å². The molecule has 0 saturated heterocycles. The zero-order chi connectivity index (χ0) is 11.7. The molecule has 1 rings (SSSR count). The second-order valence-electron chi connectivity index (χ2n) is 4.19. The molecule has 0 aliphatic rings. The fourth-order valence-electron chi connectivity index (χ4n) is 1.00. The Kier molecular flexibility index (Phi) is 3.52. The molecule has 0 fully saturated rings. The molecule has 0 radical (unpaired) electrons. The van der Waals surface area contributed by atoms with Crippen molar-refractivity contribution in [3.63, 3.8) is 0 Å². The van der Waals surface area contributed by atoms with E-state index in [1.807, 2.05) is 0 Å². The first-order valence-electron chi connectivity index (χ1n) is 4.35. The number of pyridine rings is 1. The van der Waals surface area contributed by atoms with E-state index in [4.69, 9.17) is 0 Å². The molecule has 4 nitrogen and oxygen atoms in total. The summed E-state index contributed by atoms with van der Waals surface area (Å²) in [5.41, 5.74) is -0.499. The molecule has 0 spiro atoms. The summed E-state index contributed by atoms with van der Waals surface area (Å²) in [7, 11) is -3.48. The van der Waals surface area contributed by atoms with E-state index < -0.39 is 15.6 Å². The summed E-state index contributed by atoms with van der Waals surface area (Å²) < 4.78 is 26.8. The van der Waals surface area contributed by atoms with Gasteiger partial charge < -0.3 is 0 Å². The molecule has 0 atom stereocenters. The van der Waals surface area contributed by atoms with Gasteiger partial charge in [0.15, 0.2) is 0 Å². The summed E-state index contributed by atoms with van der Waals surface area (Å²) in [4.78, 5) is 3.97. The van der Waals surface area contributed by atoms with Crippen LogP contribution < -0.4 is 4.72 Å². The molecule has 1 heterocycles. The van der Waals surface area contributed by atoms with Gasteiger partial charge in [0.05, 0.1) is 0 Å². The predicted molar refractivity (Wildman–Crippen MR) is 62.0 cm³/mol. The lowest BCUT2D eigenvalue weighted by Crippen LogP contribution is -2.40. The molecule has 6 heteroatoms. The van der Waals surface area contributed by atoms with Gasteiger partial charge in [0.2, 0.25) is 10.0 Å². The van der Waals surface area contributed by atoms with E-state index in [9.17, 15) is 8.42 Å². The van der Waals surface area contributed by atoms with Crippen molar-refractivity contribution < 1.29 is 8.42 Å². The predicted octanol–water partition coefficient (Wildman–Crippen LogP) is 1.92. The zero-order valence-electron chi connectivity index (χ0n) is 8.78. The molecule has 15 heavy (non-hydrogen) atoms. The number of hydrogen-bond acceptors (Lipinski definition) is 3. The Morgan fingerprint density at radius 3 is 2.40 bits per heavy atom. The maximum Gasteiger partial charge on any atom is 0.242 e. The standard InChI is InChI=1S/C9H13BrN2O2S/c1-9(2,3)12-15(13,14)8-4-7(10)5-11-6-8/h4-6,12H,1-3H3. The molecule has 0 aliphatic heterocycles. The molecule has 0 bridgehead atoms. The molecule has 1 aromatic rings. The Labute approximate surface area is 98.3 Å². The minimum absolute atomic E-state index is 0.159. The van der Waals surface area contributed by atoms with Gasteiger partial charge in [-0.3, -0.25) is 4.98 Å². The normalized spacial score (nSPS) is 12.8. The van der Waals surface area contributed by atoms with Gasteiger partial charge in [-0.1, -0.05) is 0 Å². The van der Waals surface area contributed by atoms with Crippen molar-refractivity contribution in [1.82, 2.24) is 9.71 Å². The molecule has 0 amide bonds. The smallest absolute Gasteiger partial charge is 0.242 e. The Balaban J connectivity index is 3.07. The molecule has 0 unspecified atom stereocenters. The minimum Gasteiger partial charge on any atom is -0.262 e. The Morgan fingerprint density at radius 1 is 1.33 bits per heavy atom. The van der Waals surface area contributed by atoms with Crippen molar-refractivity contribution in [2.75, 3.05) is 0 Å². The van der Waals surface area contributed by atoms with Crippen LogP contribution in [0.5, 0.6) is 0 Å². The third-order valence-corrected chi connectivity index (χ3v) is 3.59. The van der Waals surface area contributed by atoms with Crippen LogP contribution in [0, 0.1) is 0 Å². The largest absolute Gasteiger partial charge is 0.262 e. The van der Waals surface area contributed by atoms with Crippen LogP contribution in [0.25, 0.3) is 0 Å². The van der Waals surface area contributed by atoms with Crippen molar-refractivity contribution >= 4 is 26.0 Å². The molecule has 1 N–H and O–H groups in total. The van der Waals surface area contributed by atoms with Crippen molar-refractivity contribution in [1.29, 1.82) is 0 Å². The van der Waals surface area contributed by atoms with Crippen LogP contribution in [0.2, 0.25) is 0 Å². The van der Waals surface area contributed by atoms with E-state index in [2.05, 4.69) is 25.6 Å². The second kappa shape index (κ2) is 4.19. The van der Waals surface area contributed by atoms with E-state index >= 15 is 0 Å². The average molecular weight is 293 g/mol. The van der Waals surface area contributed by atoms with E-state index in [0.717, 1.165) is 0 Å². The van der Waals surface area contributed by atoms with Gasteiger partial charge in [-0.25, -0.2) is 13.1 Å². The maximum atomic E-state index is 11.8. The summed E-state index contributed by atoms with van der Waals surface area (Å²) in [5.74, 6) is 0. The van der Waals surface area contributed by atoms with Gasteiger partial charge in [-0.15, -0.1) is 0 Å². The van der Waals surface area contributed by atoms with E-state index in [1.165, 1.54) is 18.5 Å². The molecule has 0 aliphatic carbocycles. The quantitative estimate of drug-likeness (QED) is 0.906. The first-order valence-corrected chi connectivity index (χ1v) is 6.63. The van der Waals surface area contributed by atoms with Gasteiger partial charge in [-0.2, -0.15) is 0 Å². The van der Waals surface area contributed by atoms with Crippen LogP contribution in [0.4, 0.5) is 0 Å². The average Bonchev–Trinajstić information content (AvgIpc) is 1.99. The highest BCUT2D eigenvalue weighted by molar-refractivity contribution is 9.10. The van der Waals surface area contributed by atoms with Crippen LogP contribution in [0.1, 0.15) is 20.8 Å². The Hall–Kier alpha value is -0.460. The van der Waals surface area contributed by atoms with Crippen LogP contribution >= 0.6 is 15.9 Å². The highest BCUT2D eigenvalue weighted by Gasteiger charge is 2.22. The SMILES string of the molecule is CC(C)(C)NS(=O)(=O)c1cncc(Br)c1. The minimum atomic E-state index is -3.48. The van der Waals surface area contributed by atoms with Crippen LogP contribution in [0.3, 0.4) is 0 Å². The maximum absolute atomic E-state index is 11.8. The Bertz CT molecular complexity index is 451. The third kappa shape index (κ3) is 3.89. The van der Waals surface area contributed by atoms with Crippen LogP contribution in [-0.2, 0) is 10.0 Å². The summed E-state index contributed by atoms with van der Waals surface area (Å²) in [6.07, 6.45) is 2.86. The number of sulfonamides is 1. The number of nitrogens with zero attached hydrogens (tertiary/aromatic N) is 1. The fraction of sp³-hybridized carbons (Fsp3) is 0.444. The van der Waals surface area contributed by atoms with Gasteiger partial charge in [0, 0.05) is 22.4 Å². The number of halogens is 1. The lowest BCUT2D eigenvalue weighted by molar-refractivity contribution is 0.491. The van der Waals surface area contributed by atoms with Crippen molar-refractivity contribution in [2.45, 2.75) is 31.2 Å². The number of hydrogen-bond donors (Lipinski definition) is 1. The first-order chi connectivity index (χ1) is 6.71. The number of rotatable bonds is 2. The summed E-state index contributed by atoms with van der Waals surface area (Å²) in [5, 5.41) is 0. The van der Waals surface area contributed by atoms with Crippen molar-refractivity contribution in [3.05, 3.63) is 22.9 Å². The zero-order valence-corrected chi connectivity index (χ0v) is 11.2. The van der Waals surface area contributed by atoms with E-state index in [-0.39, 0.29) is 4.90 Å². The first kappa shape index (κ1) is 12.6. The van der Waals surface area contributed by atoms with E-state index in [1.54, 1.807) is 20.8 Å². The molecule has 1 aromatic heterocycles. The molecule has 0 aromatic carbocycles. The molecule has 0 saturated carbocycles. The Morgan fingerprint density at radius 2 is 1.93 bits per heavy atom. The lowest BCUT2D eigenvalue weighted by atomic mass is 10.1. The van der Waals surface area contributed by atoms with Crippen LogP contribution in [0.15, 0.2) is 27.8 Å². The summed E-state index contributed by atoms with van der Waals surface area (Å²) in [6, 6.07) is 1.51. The highest BCUT2D eigenvalue weighted by atomic mass is 79.9. The molecule has 84 valence electrons. The third-order valence-electron chi connectivity index (χ3n) is 1.43.